The van der Waals surface area contributed by atoms with Crippen LogP contribution in [0.5, 0.6) is 11.5 Å². The van der Waals surface area contributed by atoms with Crippen LogP contribution >= 0.6 is 0 Å². The van der Waals surface area contributed by atoms with Crippen LogP contribution < -0.4 is 14.5 Å². The standard InChI is InChI=1S/C54H60N4O/c1-51(2,3)38-21-18-22-40(31-38)56-35-57(50(54(10,11)12)49(56)53(7,8)9)41-29-37(36-19-14-13-15-20-36)30-43(33-41)59-42-25-26-45-44-23-16-17-24-46(44)58(47(45)34-42)48-32-39(27-28-55-48)52(4,5)6/h13-34H,35H2,1-12H3. The molecule has 0 bridgehead atoms. The lowest BCUT2D eigenvalue weighted by atomic mass is 9.81. The van der Waals surface area contributed by atoms with E-state index in [2.05, 4.69) is 225 Å². The number of fused-ring (bicyclic) bond motifs is 3. The Bertz CT molecular complexity index is 2710. The minimum atomic E-state index is -0.153. The van der Waals surface area contributed by atoms with Gasteiger partial charge in [0.05, 0.1) is 17.7 Å². The van der Waals surface area contributed by atoms with Crippen molar-refractivity contribution in [1.29, 1.82) is 0 Å². The van der Waals surface area contributed by atoms with Gasteiger partial charge in [0.2, 0.25) is 0 Å². The number of hydrogen-bond donors (Lipinski definition) is 0. The summed E-state index contributed by atoms with van der Waals surface area (Å²) in [4.78, 5) is 9.98. The second-order valence-electron chi connectivity index (χ2n) is 20.4. The third-order valence-electron chi connectivity index (χ3n) is 11.5. The summed E-state index contributed by atoms with van der Waals surface area (Å²) in [5.41, 5.74) is 11.7. The van der Waals surface area contributed by atoms with Crippen molar-refractivity contribution >= 4 is 33.2 Å². The van der Waals surface area contributed by atoms with E-state index in [4.69, 9.17) is 9.72 Å². The summed E-state index contributed by atoms with van der Waals surface area (Å²) >= 11 is 0. The number of benzene rings is 5. The lowest BCUT2D eigenvalue weighted by molar-refractivity contribution is 0.444. The Hall–Kier alpha value is -5.81. The molecule has 0 unspecified atom stereocenters. The quantitative estimate of drug-likeness (QED) is 0.168. The molecule has 0 aliphatic carbocycles. The SMILES string of the molecule is CC(C)(C)C1=C(C(C)(C)C)N(c2cccc(C(C)(C)C)c2)CN1c1cc(Oc2ccc3c4ccccc4n(-c4cc(C(C)(C)C)ccn4)c3c2)cc(-c2ccccc2)c1. The normalized spacial score (nSPS) is 14.2. The van der Waals surface area contributed by atoms with E-state index in [0.29, 0.717) is 6.67 Å². The molecule has 0 atom stereocenters. The van der Waals surface area contributed by atoms with Crippen LogP contribution in [0.3, 0.4) is 0 Å². The topological polar surface area (TPSA) is 33.5 Å². The van der Waals surface area contributed by atoms with E-state index in [1.54, 1.807) is 0 Å². The van der Waals surface area contributed by atoms with Gasteiger partial charge in [0.1, 0.15) is 17.3 Å². The van der Waals surface area contributed by atoms with Crippen molar-refractivity contribution in [2.75, 3.05) is 16.5 Å². The van der Waals surface area contributed by atoms with Gasteiger partial charge in [0.25, 0.3) is 0 Å². The van der Waals surface area contributed by atoms with Crippen LogP contribution in [0.2, 0.25) is 0 Å². The number of nitrogens with zero attached hydrogens (tertiary/aromatic N) is 4. The first-order valence-corrected chi connectivity index (χ1v) is 21.1. The van der Waals surface area contributed by atoms with Gasteiger partial charge in [0.15, 0.2) is 0 Å². The molecule has 7 aromatic rings. The third kappa shape index (κ3) is 7.76. The highest BCUT2D eigenvalue weighted by molar-refractivity contribution is 6.09. The number of aromatic nitrogens is 2. The molecule has 0 N–H and O–H groups in total. The van der Waals surface area contributed by atoms with Crippen molar-refractivity contribution < 1.29 is 4.74 Å². The molecule has 0 saturated carbocycles. The number of pyridine rings is 1. The van der Waals surface area contributed by atoms with Gasteiger partial charge in [-0.25, -0.2) is 4.98 Å². The van der Waals surface area contributed by atoms with E-state index < -0.39 is 0 Å². The fraction of sp³-hybridized carbons (Fsp3) is 0.315. The van der Waals surface area contributed by atoms with Crippen molar-refractivity contribution in [3.63, 3.8) is 0 Å². The van der Waals surface area contributed by atoms with Gasteiger partial charge in [-0.3, -0.25) is 4.57 Å². The van der Waals surface area contributed by atoms with Gasteiger partial charge >= 0.3 is 0 Å². The minimum Gasteiger partial charge on any atom is -0.457 e. The lowest BCUT2D eigenvalue weighted by Crippen LogP contribution is -2.31. The Balaban J connectivity index is 1.28. The Morgan fingerprint density at radius 3 is 1.76 bits per heavy atom. The molecule has 5 nitrogen and oxygen atoms in total. The predicted molar refractivity (Wildman–Crippen MR) is 250 cm³/mol. The van der Waals surface area contributed by atoms with Crippen LogP contribution in [0.25, 0.3) is 38.8 Å². The van der Waals surface area contributed by atoms with Gasteiger partial charge in [-0.2, -0.15) is 0 Å². The number of anilines is 2. The molecule has 0 fully saturated rings. The first-order chi connectivity index (χ1) is 27.8. The minimum absolute atomic E-state index is 0.00920. The molecule has 59 heavy (non-hydrogen) atoms. The van der Waals surface area contributed by atoms with Crippen LogP contribution in [-0.4, -0.2) is 16.2 Å². The first kappa shape index (κ1) is 40.0. The van der Waals surface area contributed by atoms with E-state index in [1.807, 2.05) is 6.20 Å². The van der Waals surface area contributed by atoms with E-state index in [-0.39, 0.29) is 21.7 Å². The van der Waals surface area contributed by atoms with Crippen molar-refractivity contribution in [3.8, 4) is 28.4 Å². The molecule has 5 heteroatoms. The molecule has 0 amide bonds. The molecule has 0 spiro atoms. The molecular weight excluding hydrogens is 721 g/mol. The zero-order valence-electron chi connectivity index (χ0n) is 37.1. The molecular formula is C54H60N4O. The molecule has 302 valence electrons. The number of hydrogen-bond acceptors (Lipinski definition) is 4. The Morgan fingerprint density at radius 1 is 0.458 bits per heavy atom. The highest BCUT2D eigenvalue weighted by atomic mass is 16.5. The van der Waals surface area contributed by atoms with Gasteiger partial charge in [0, 0.05) is 62.7 Å². The lowest BCUT2D eigenvalue weighted by Gasteiger charge is -2.34. The van der Waals surface area contributed by atoms with Crippen LogP contribution in [0.15, 0.2) is 145 Å². The van der Waals surface area contributed by atoms with Crippen molar-refractivity contribution in [3.05, 3.63) is 156 Å². The number of allylic oxidation sites excluding steroid dienone is 2. The molecule has 5 aromatic carbocycles. The largest absolute Gasteiger partial charge is 0.457 e. The Labute approximate surface area is 352 Å². The third-order valence-corrected chi connectivity index (χ3v) is 11.5. The molecule has 0 radical (unpaired) electrons. The second kappa shape index (κ2) is 14.5. The zero-order valence-corrected chi connectivity index (χ0v) is 37.1. The number of para-hydroxylation sites is 1. The summed E-state index contributed by atoms with van der Waals surface area (Å²) in [5, 5.41) is 2.35. The molecule has 3 heterocycles. The maximum atomic E-state index is 7.00. The highest BCUT2D eigenvalue weighted by Crippen LogP contribution is 2.49. The Morgan fingerprint density at radius 2 is 1.08 bits per heavy atom. The number of rotatable bonds is 6. The summed E-state index contributed by atoms with van der Waals surface area (Å²) in [5.74, 6) is 2.46. The second-order valence-corrected chi connectivity index (χ2v) is 20.4. The van der Waals surface area contributed by atoms with Gasteiger partial charge in [-0.15, -0.1) is 0 Å². The van der Waals surface area contributed by atoms with Crippen LogP contribution in [0.1, 0.15) is 94.2 Å². The summed E-state index contributed by atoms with van der Waals surface area (Å²) < 4.78 is 9.28. The van der Waals surface area contributed by atoms with Gasteiger partial charge in [-0.1, -0.05) is 144 Å². The molecule has 8 rings (SSSR count). The monoisotopic (exact) mass is 780 g/mol. The van der Waals surface area contributed by atoms with Crippen LogP contribution in [-0.2, 0) is 10.8 Å². The summed E-state index contributed by atoms with van der Waals surface area (Å²) in [6.07, 6.45) is 1.93. The summed E-state index contributed by atoms with van der Waals surface area (Å²) in [6.45, 7) is 28.4. The van der Waals surface area contributed by atoms with Gasteiger partial charge in [-0.05, 0) is 87.7 Å². The van der Waals surface area contributed by atoms with E-state index in [9.17, 15) is 0 Å². The van der Waals surface area contributed by atoms with Crippen molar-refractivity contribution in [1.82, 2.24) is 9.55 Å². The molecule has 0 saturated heterocycles. The van der Waals surface area contributed by atoms with E-state index in [0.717, 1.165) is 50.6 Å². The maximum absolute atomic E-state index is 7.00. The van der Waals surface area contributed by atoms with E-state index in [1.165, 1.54) is 33.6 Å². The fourth-order valence-electron chi connectivity index (χ4n) is 8.62. The van der Waals surface area contributed by atoms with Crippen LogP contribution in [0.4, 0.5) is 11.4 Å². The van der Waals surface area contributed by atoms with Gasteiger partial charge < -0.3 is 14.5 Å². The molecule has 2 aromatic heterocycles. The van der Waals surface area contributed by atoms with Crippen molar-refractivity contribution in [2.45, 2.75) is 93.9 Å². The number of ether oxygens (including phenoxy) is 1. The van der Waals surface area contributed by atoms with Crippen LogP contribution in [0, 0.1) is 10.8 Å². The predicted octanol–water partition coefficient (Wildman–Crippen LogP) is 14.8. The summed E-state index contributed by atoms with van der Waals surface area (Å²) in [7, 11) is 0. The average Bonchev–Trinajstić information content (AvgIpc) is 3.76. The highest BCUT2D eigenvalue weighted by Gasteiger charge is 2.42. The smallest absolute Gasteiger partial charge is 0.137 e. The Kier molecular flexibility index (Phi) is 9.81. The van der Waals surface area contributed by atoms with E-state index >= 15 is 0 Å². The zero-order chi connectivity index (χ0) is 42.1. The maximum Gasteiger partial charge on any atom is 0.137 e. The average molecular weight is 781 g/mol. The fourth-order valence-corrected chi connectivity index (χ4v) is 8.62. The summed E-state index contributed by atoms with van der Waals surface area (Å²) in [6, 6.07) is 45.9. The van der Waals surface area contributed by atoms with Crippen molar-refractivity contribution in [2.24, 2.45) is 10.8 Å². The first-order valence-electron chi connectivity index (χ1n) is 21.1. The molecule has 1 aliphatic heterocycles. The molecule has 1 aliphatic rings.